The summed E-state index contributed by atoms with van der Waals surface area (Å²) in [5.74, 6) is 0.514. The van der Waals surface area contributed by atoms with Crippen molar-refractivity contribution in [2.45, 2.75) is 27.3 Å². The fourth-order valence-electron chi connectivity index (χ4n) is 3.56. The van der Waals surface area contributed by atoms with Crippen LogP contribution in [0.3, 0.4) is 0 Å². The molecule has 0 aliphatic heterocycles. The molecular weight excluding hydrogens is 372 g/mol. The first-order valence-electron chi connectivity index (χ1n) is 8.94. The van der Waals surface area contributed by atoms with Gasteiger partial charge in [0, 0.05) is 13.2 Å². The molecule has 3 aromatic heterocycles. The first-order chi connectivity index (χ1) is 13.4. The summed E-state index contributed by atoms with van der Waals surface area (Å²) >= 11 is 1.51. The van der Waals surface area contributed by atoms with Gasteiger partial charge in [-0.3, -0.25) is 13.9 Å². The molecule has 1 aromatic carbocycles. The van der Waals surface area contributed by atoms with Crippen molar-refractivity contribution < 1.29 is 0 Å². The summed E-state index contributed by atoms with van der Waals surface area (Å²) in [5.41, 5.74) is 3.88. The second-order valence-electron chi connectivity index (χ2n) is 7.02. The third-order valence-corrected chi connectivity index (χ3v) is 5.84. The van der Waals surface area contributed by atoms with Gasteiger partial charge in [-0.05, 0) is 48.9 Å². The third kappa shape index (κ3) is 2.97. The SMILES string of the molecule is Cc1cc(C)c(Cn2c(=O)c3cnc(-c4cccs4)nc3n(C)c2=O)c(C)c1. The zero-order chi connectivity index (χ0) is 20.0. The summed E-state index contributed by atoms with van der Waals surface area (Å²) in [5, 5.41) is 2.27. The van der Waals surface area contributed by atoms with Crippen LogP contribution < -0.4 is 11.2 Å². The first kappa shape index (κ1) is 18.3. The smallest absolute Gasteiger partial charge is 0.280 e. The van der Waals surface area contributed by atoms with Crippen molar-refractivity contribution in [1.29, 1.82) is 0 Å². The summed E-state index contributed by atoms with van der Waals surface area (Å²) in [6, 6.07) is 7.95. The molecule has 0 bridgehead atoms. The van der Waals surface area contributed by atoms with Crippen molar-refractivity contribution in [1.82, 2.24) is 19.1 Å². The van der Waals surface area contributed by atoms with Crippen LogP contribution in [0, 0.1) is 20.8 Å². The van der Waals surface area contributed by atoms with E-state index in [-0.39, 0.29) is 17.8 Å². The average molecular weight is 392 g/mol. The summed E-state index contributed by atoms with van der Waals surface area (Å²) in [7, 11) is 1.64. The minimum atomic E-state index is -0.382. The Labute approximate surface area is 165 Å². The Morgan fingerprint density at radius 2 is 1.82 bits per heavy atom. The molecule has 0 saturated carbocycles. The van der Waals surface area contributed by atoms with Crippen LogP contribution in [-0.2, 0) is 13.6 Å². The number of hydrogen-bond donors (Lipinski definition) is 0. The molecule has 0 amide bonds. The Morgan fingerprint density at radius 1 is 1.11 bits per heavy atom. The molecule has 4 aromatic rings. The van der Waals surface area contributed by atoms with Gasteiger partial charge >= 0.3 is 5.69 Å². The van der Waals surface area contributed by atoms with Gasteiger partial charge in [0.25, 0.3) is 5.56 Å². The number of thiophene rings is 1. The molecule has 3 heterocycles. The summed E-state index contributed by atoms with van der Waals surface area (Å²) in [4.78, 5) is 35.8. The molecule has 0 saturated heterocycles. The summed E-state index contributed by atoms with van der Waals surface area (Å²) in [6.07, 6.45) is 1.52. The number of aryl methyl sites for hydroxylation is 4. The Balaban J connectivity index is 1.91. The van der Waals surface area contributed by atoms with Crippen molar-refractivity contribution in [3.05, 3.63) is 78.9 Å². The Morgan fingerprint density at radius 3 is 2.46 bits per heavy atom. The second kappa shape index (κ2) is 6.83. The lowest BCUT2D eigenvalue weighted by molar-refractivity contribution is 0.652. The van der Waals surface area contributed by atoms with E-state index in [0.29, 0.717) is 16.9 Å². The van der Waals surface area contributed by atoms with Gasteiger partial charge in [-0.1, -0.05) is 23.8 Å². The first-order valence-corrected chi connectivity index (χ1v) is 9.82. The molecule has 28 heavy (non-hydrogen) atoms. The van der Waals surface area contributed by atoms with Gasteiger partial charge in [0.15, 0.2) is 11.5 Å². The van der Waals surface area contributed by atoms with Gasteiger partial charge in [0.2, 0.25) is 0 Å². The Kier molecular flexibility index (Phi) is 4.47. The molecule has 6 nitrogen and oxygen atoms in total. The molecule has 4 rings (SSSR count). The van der Waals surface area contributed by atoms with Crippen LogP contribution in [0.4, 0.5) is 0 Å². The molecule has 0 spiro atoms. The van der Waals surface area contributed by atoms with Gasteiger partial charge in [-0.2, -0.15) is 0 Å². The maximum Gasteiger partial charge on any atom is 0.332 e. The number of fused-ring (bicyclic) bond motifs is 1. The zero-order valence-corrected chi connectivity index (χ0v) is 17.0. The summed E-state index contributed by atoms with van der Waals surface area (Å²) < 4.78 is 2.69. The van der Waals surface area contributed by atoms with Crippen molar-refractivity contribution in [3.63, 3.8) is 0 Å². The Hall–Kier alpha value is -3.06. The number of hydrogen-bond acceptors (Lipinski definition) is 5. The molecule has 0 aliphatic rings. The molecule has 7 heteroatoms. The minimum Gasteiger partial charge on any atom is -0.280 e. The van der Waals surface area contributed by atoms with Crippen LogP contribution >= 0.6 is 11.3 Å². The lowest BCUT2D eigenvalue weighted by Gasteiger charge is -2.14. The highest BCUT2D eigenvalue weighted by Gasteiger charge is 2.16. The van der Waals surface area contributed by atoms with Gasteiger partial charge in [-0.15, -0.1) is 11.3 Å². The van der Waals surface area contributed by atoms with Crippen molar-refractivity contribution in [3.8, 4) is 10.7 Å². The van der Waals surface area contributed by atoms with Crippen LogP contribution in [0.2, 0.25) is 0 Å². The van der Waals surface area contributed by atoms with E-state index in [2.05, 4.69) is 22.1 Å². The van der Waals surface area contributed by atoms with E-state index < -0.39 is 0 Å². The number of rotatable bonds is 3. The van der Waals surface area contributed by atoms with Gasteiger partial charge in [0.1, 0.15) is 5.39 Å². The van der Waals surface area contributed by atoms with E-state index in [1.807, 2.05) is 38.3 Å². The largest absolute Gasteiger partial charge is 0.332 e. The molecule has 0 N–H and O–H groups in total. The third-order valence-electron chi connectivity index (χ3n) is 4.98. The average Bonchev–Trinajstić information content (AvgIpc) is 3.19. The van der Waals surface area contributed by atoms with E-state index in [4.69, 9.17) is 0 Å². The van der Waals surface area contributed by atoms with E-state index in [1.165, 1.54) is 26.7 Å². The fourth-order valence-corrected chi connectivity index (χ4v) is 4.23. The Bertz CT molecular complexity index is 1290. The highest BCUT2D eigenvalue weighted by Crippen LogP contribution is 2.22. The minimum absolute atomic E-state index is 0.228. The zero-order valence-electron chi connectivity index (χ0n) is 16.2. The topological polar surface area (TPSA) is 69.8 Å². The quantitative estimate of drug-likeness (QED) is 0.537. The van der Waals surface area contributed by atoms with Crippen LogP contribution in [0.5, 0.6) is 0 Å². The maximum absolute atomic E-state index is 13.1. The van der Waals surface area contributed by atoms with Gasteiger partial charge in [-0.25, -0.2) is 14.8 Å². The van der Waals surface area contributed by atoms with Gasteiger partial charge < -0.3 is 0 Å². The highest BCUT2D eigenvalue weighted by molar-refractivity contribution is 7.13. The predicted molar refractivity (Wildman–Crippen MR) is 112 cm³/mol. The molecule has 0 radical (unpaired) electrons. The molecule has 0 unspecified atom stereocenters. The van der Waals surface area contributed by atoms with Gasteiger partial charge in [0.05, 0.1) is 11.4 Å². The molecule has 0 atom stereocenters. The van der Waals surface area contributed by atoms with Crippen LogP contribution in [0.1, 0.15) is 22.3 Å². The van der Waals surface area contributed by atoms with Crippen molar-refractivity contribution >= 4 is 22.4 Å². The number of nitrogens with zero attached hydrogens (tertiary/aromatic N) is 4. The van der Waals surface area contributed by atoms with E-state index in [0.717, 1.165) is 27.1 Å². The standard InChI is InChI=1S/C21H20N4O2S/c1-12-8-13(2)16(14(3)9-12)11-25-20(26)15-10-22-18(17-6-5-7-28-17)23-19(15)24(4)21(25)27/h5-10H,11H2,1-4H3. The molecule has 0 aliphatic carbocycles. The lowest BCUT2D eigenvalue weighted by Crippen LogP contribution is -2.40. The predicted octanol–water partition coefficient (Wildman–Crippen LogP) is 3.19. The van der Waals surface area contributed by atoms with Crippen LogP contribution in [0.25, 0.3) is 21.7 Å². The van der Waals surface area contributed by atoms with Crippen LogP contribution in [-0.4, -0.2) is 19.1 Å². The van der Waals surface area contributed by atoms with Crippen LogP contribution in [0.15, 0.2) is 45.4 Å². The molecular formula is C21H20N4O2S. The lowest BCUT2D eigenvalue weighted by atomic mass is 10.00. The highest BCUT2D eigenvalue weighted by atomic mass is 32.1. The van der Waals surface area contributed by atoms with E-state index in [1.54, 1.807) is 7.05 Å². The van der Waals surface area contributed by atoms with Crippen molar-refractivity contribution in [2.24, 2.45) is 7.05 Å². The fraction of sp³-hybridized carbons (Fsp3) is 0.238. The summed E-state index contributed by atoms with van der Waals surface area (Å²) in [6.45, 7) is 6.27. The molecule has 0 fully saturated rings. The second-order valence-corrected chi connectivity index (χ2v) is 7.97. The number of aromatic nitrogens is 4. The maximum atomic E-state index is 13.1. The van der Waals surface area contributed by atoms with E-state index >= 15 is 0 Å². The molecule has 142 valence electrons. The normalized spacial score (nSPS) is 11.3. The van der Waals surface area contributed by atoms with E-state index in [9.17, 15) is 9.59 Å². The van der Waals surface area contributed by atoms with Crippen molar-refractivity contribution in [2.75, 3.05) is 0 Å². The number of benzene rings is 1. The monoisotopic (exact) mass is 392 g/mol.